The predicted molar refractivity (Wildman–Crippen MR) is 167 cm³/mol. The van der Waals surface area contributed by atoms with E-state index < -0.39 is 0 Å². The van der Waals surface area contributed by atoms with Crippen molar-refractivity contribution >= 4 is 17.6 Å². The van der Waals surface area contributed by atoms with E-state index in [1.165, 1.54) is 47.1 Å². The average molecular weight is 514 g/mol. The molecular formula is C33H47N5. The summed E-state index contributed by atoms with van der Waals surface area (Å²) in [6, 6.07) is 15.7. The highest BCUT2D eigenvalue weighted by atomic mass is 15.1. The van der Waals surface area contributed by atoms with E-state index in [1.54, 1.807) is 6.20 Å². The summed E-state index contributed by atoms with van der Waals surface area (Å²) >= 11 is 0. The number of rotatable bonds is 16. The maximum absolute atomic E-state index is 5.80. The molecular weight excluding hydrogens is 466 g/mol. The van der Waals surface area contributed by atoms with Gasteiger partial charge >= 0.3 is 0 Å². The molecule has 204 valence electrons. The highest BCUT2D eigenvalue weighted by Gasteiger charge is 2.19. The fourth-order valence-electron chi connectivity index (χ4n) is 4.79. The molecule has 0 fully saturated rings. The molecule has 1 aliphatic heterocycles. The number of hydrogen-bond acceptors (Lipinski definition) is 4. The fourth-order valence-corrected chi connectivity index (χ4v) is 4.79. The molecule has 0 aliphatic carbocycles. The molecule has 3 rings (SSSR count). The molecule has 5 heteroatoms. The Hall–Kier alpha value is -3.31. The summed E-state index contributed by atoms with van der Waals surface area (Å²) in [4.78, 5) is 7.23. The summed E-state index contributed by atoms with van der Waals surface area (Å²) in [5.41, 5.74) is 14.2. The molecule has 2 aromatic carbocycles. The van der Waals surface area contributed by atoms with Crippen LogP contribution in [-0.4, -0.2) is 43.5 Å². The average Bonchev–Trinajstić information content (AvgIpc) is 3.12. The van der Waals surface area contributed by atoms with Gasteiger partial charge in [0, 0.05) is 44.0 Å². The number of amidine groups is 1. The van der Waals surface area contributed by atoms with Crippen LogP contribution in [0.5, 0.6) is 0 Å². The summed E-state index contributed by atoms with van der Waals surface area (Å²) in [5.74, 6) is 0.951. The van der Waals surface area contributed by atoms with E-state index in [9.17, 15) is 0 Å². The molecule has 0 aromatic heterocycles. The SMILES string of the molecule is C=CNCCCCc1ccc(-c2ccc3c(c2)NC(=NCCN)CC(C(=C)N(CCC)CCCC)=C3)cc1. The van der Waals surface area contributed by atoms with Gasteiger partial charge in [-0.05, 0) is 78.3 Å². The van der Waals surface area contributed by atoms with E-state index in [-0.39, 0.29) is 0 Å². The zero-order valence-corrected chi connectivity index (χ0v) is 23.6. The van der Waals surface area contributed by atoms with Crippen molar-refractivity contribution in [2.75, 3.05) is 38.0 Å². The highest BCUT2D eigenvalue weighted by molar-refractivity contribution is 6.02. The molecule has 1 aliphatic rings. The number of unbranched alkanes of at least 4 members (excludes halogenated alkanes) is 2. The van der Waals surface area contributed by atoms with Crippen LogP contribution in [-0.2, 0) is 6.42 Å². The van der Waals surface area contributed by atoms with Crippen LogP contribution < -0.4 is 16.4 Å². The normalized spacial score (nSPS) is 13.8. The van der Waals surface area contributed by atoms with Crippen LogP contribution in [0.1, 0.15) is 63.5 Å². The third-order valence-corrected chi connectivity index (χ3v) is 6.95. The number of aliphatic imine (C=N–C) groups is 1. The molecule has 0 amide bonds. The van der Waals surface area contributed by atoms with Gasteiger partial charge in [-0.1, -0.05) is 69.8 Å². The molecule has 0 spiro atoms. The summed E-state index contributed by atoms with van der Waals surface area (Å²) in [5, 5.41) is 6.80. The Morgan fingerprint density at radius 1 is 1.05 bits per heavy atom. The Morgan fingerprint density at radius 3 is 2.55 bits per heavy atom. The lowest BCUT2D eigenvalue weighted by molar-refractivity contribution is 0.344. The number of anilines is 1. The molecule has 0 atom stereocenters. The quantitative estimate of drug-likeness (QED) is 0.212. The zero-order valence-electron chi connectivity index (χ0n) is 23.6. The van der Waals surface area contributed by atoms with Crippen LogP contribution in [0.3, 0.4) is 0 Å². The molecule has 38 heavy (non-hydrogen) atoms. The lowest BCUT2D eigenvalue weighted by Gasteiger charge is -2.28. The molecule has 4 N–H and O–H groups in total. The van der Waals surface area contributed by atoms with Crippen LogP contribution in [0.25, 0.3) is 17.2 Å². The number of fused-ring (bicyclic) bond motifs is 1. The number of nitrogens with two attached hydrogens (primary N) is 1. The van der Waals surface area contributed by atoms with Crippen molar-refractivity contribution < 1.29 is 0 Å². The predicted octanol–water partition coefficient (Wildman–Crippen LogP) is 6.99. The van der Waals surface area contributed by atoms with E-state index in [0.29, 0.717) is 13.1 Å². The molecule has 0 unspecified atom stereocenters. The van der Waals surface area contributed by atoms with Gasteiger partial charge in [0.05, 0.1) is 6.54 Å². The van der Waals surface area contributed by atoms with E-state index in [0.717, 1.165) is 62.5 Å². The van der Waals surface area contributed by atoms with Crippen molar-refractivity contribution in [2.45, 2.75) is 58.8 Å². The molecule has 5 nitrogen and oxygen atoms in total. The summed E-state index contributed by atoms with van der Waals surface area (Å²) in [7, 11) is 0. The largest absolute Gasteiger partial charge is 0.391 e. The van der Waals surface area contributed by atoms with Crippen LogP contribution in [0.2, 0.25) is 0 Å². The lowest BCUT2D eigenvalue weighted by Crippen LogP contribution is -2.26. The highest BCUT2D eigenvalue weighted by Crippen LogP contribution is 2.33. The lowest BCUT2D eigenvalue weighted by atomic mass is 9.98. The Labute approximate surface area is 230 Å². The zero-order chi connectivity index (χ0) is 27.2. The Morgan fingerprint density at radius 2 is 1.84 bits per heavy atom. The standard InChI is InChI=1S/C33H47N5/c1-5-8-22-38(21-6-2)26(4)31-23-30-17-16-29(24-32(30)37-33(25-31)36-20-18-34)28-14-12-27(13-15-28)11-9-10-19-35-7-3/h7,12-17,23-24,35H,3-6,8-11,18-22,25,34H2,1-2H3,(H,36,37). The minimum Gasteiger partial charge on any atom is -0.391 e. The van der Waals surface area contributed by atoms with Gasteiger partial charge in [-0.3, -0.25) is 4.99 Å². The summed E-state index contributed by atoms with van der Waals surface area (Å²) in [6.45, 7) is 16.9. The van der Waals surface area contributed by atoms with Crippen LogP contribution in [0.15, 0.2) is 78.1 Å². The van der Waals surface area contributed by atoms with Gasteiger partial charge in [0.2, 0.25) is 0 Å². The molecule has 0 radical (unpaired) electrons. The molecule has 1 heterocycles. The van der Waals surface area contributed by atoms with Gasteiger partial charge < -0.3 is 21.3 Å². The summed E-state index contributed by atoms with van der Waals surface area (Å²) in [6.07, 6.45) is 11.6. The van der Waals surface area contributed by atoms with Crippen molar-refractivity contribution in [3.8, 4) is 11.1 Å². The van der Waals surface area contributed by atoms with Crippen LogP contribution in [0.4, 0.5) is 5.69 Å². The first-order valence-electron chi connectivity index (χ1n) is 14.3. The third kappa shape index (κ3) is 8.63. The van der Waals surface area contributed by atoms with Crippen LogP contribution in [0, 0.1) is 0 Å². The Balaban J connectivity index is 1.84. The monoisotopic (exact) mass is 513 g/mol. The van der Waals surface area contributed by atoms with Crippen molar-refractivity contribution in [3.05, 3.63) is 84.2 Å². The first kappa shape index (κ1) is 29.2. The fraction of sp³-hybridized carbons (Fsp3) is 0.424. The van der Waals surface area contributed by atoms with E-state index in [2.05, 4.69) is 91.1 Å². The van der Waals surface area contributed by atoms with Crippen molar-refractivity contribution in [1.82, 2.24) is 10.2 Å². The second-order valence-corrected chi connectivity index (χ2v) is 9.99. The third-order valence-electron chi connectivity index (χ3n) is 6.95. The molecule has 0 bridgehead atoms. The number of benzene rings is 2. The van der Waals surface area contributed by atoms with E-state index in [1.807, 2.05) is 0 Å². The van der Waals surface area contributed by atoms with Gasteiger partial charge in [0.15, 0.2) is 0 Å². The Kier molecular flexibility index (Phi) is 12.2. The number of hydrogen-bond donors (Lipinski definition) is 3. The van der Waals surface area contributed by atoms with Gasteiger partial charge in [-0.2, -0.15) is 0 Å². The van der Waals surface area contributed by atoms with E-state index in [4.69, 9.17) is 10.7 Å². The number of nitrogens with zero attached hydrogens (tertiary/aromatic N) is 2. The Bertz CT molecular complexity index is 1100. The minimum atomic E-state index is 0.535. The first-order chi connectivity index (χ1) is 18.6. The van der Waals surface area contributed by atoms with Crippen LogP contribution >= 0.6 is 0 Å². The smallest absolute Gasteiger partial charge is 0.105 e. The van der Waals surface area contributed by atoms with Gasteiger partial charge in [0.25, 0.3) is 0 Å². The van der Waals surface area contributed by atoms with Gasteiger partial charge in [-0.15, -0.1) is 0 Å². The van der Waals surface area contributed by atoms with E-state index >= 15 is 0 Å². The molecule has 0 saturated carbocycles. The van der Waals surface area contributed by atoms with Crippen molar-refractivity contribution in [3.63, 3.8) is 0 Å². The topological polar surface area (TPSA) is 65.7 Å². The second kappa shape index (κ2) is 15.8. The van der Waals surface area contributed by atoms with Gasteiger partial charge in [0.1, 0.15) is 5.84 Å². The summed E-state index contributed by atoms with van der Waals surface area (Å²) < 4.78 is 0. The number of allylic oxidation sites excluding steroid dienone is 1. The minimum absolute atomic E-state index is 0.535. The van der Waals surface area contributed by atoms with Crippen molar-refractivity contribution in [2.24, 2.45) is 10.7 Å². The first-order valence-corrected chi connectivity index (χ1v) is 14.3. The maximum atomic E-state index is 5.80. The number of aryl methyl sites for hydroxylation is 1. The van der Waals surface area contributed by atoms with Crippen molar-refractivity contribution in [1.29, 1.82) is 0 Å². The molecule has 0 saturated heterocycles. The number of nitrogens with one attached hydrogen (secondary N) is 2. The maximum Gasteiger partial charge on any atom is 0.105 e. The van der Waals surface area contributed by atoms with Gasteiger partial charge in [-0.25, -0.2) is 0 Å². The molecule has 2 aromatic rings. The second-order valence-electron chi connectivity index (χ2n) is 9.99.